The summed E-state index contributed by atoms with van der Waals surface area (Å²) in [4.78, 5) is 4.08. The standard InChI is InChI=1S/C12H22F2N4/c1-4-5-15-10(12(13)14)6-11-16-8-17-18(11)7-9(2)3/h8-10,12,15H,4-7H2,1-3H3. The third-order valence-corrected chi connectivity index (χ3v) is 2.60. The van der Waals surface area contributed by atoms with Gasteiger partial charge in [-0.05, 0) is 18.9 Å². The Morgan fingerprint density at radius 2 is 2.11 bits per heavy atom. The molecule has 1 rings (SSSR count). The van der Waals surface area contributed by atoms with E-state index in [1.165, 1.54) is 6.33 Å². The number of nitrogens with zero attached hydrogens (tertiary/aromatic N) is 3. The summed E-state index contributed by atoms with van der Waals surface area (Å²) in [5.74, 6) is 1.04. The summed E-state index contributed by atoms with van der Waals surface area (Å²) in [5, 5.41) is 6.94. The molecular formula is C12H22F2N4. The molecule has 1 atom stereocenters. The average molecular weight is 260 g/mol. The third kappa shape index (κ3) is 4.68. The molecule has 0 saturated carbocycles. The van der Waals surface area contributed by atoms with Gasteiger partial charge >= 0.3 is 0 Å². The van der Waals surface area contributed by atoms with Crippen molar-refractivity contribution in [3.8, 4) is 0 Å². The number of hydrogen-bond donors (Lipinski definition) is 1. The normalized spacial score (nSPS) is 13.5. The van der Waals surface area contributed by atoms with Gasteiger partial charge in [0.1, 0.15) is 12.2 Å². The van der Waals surface area contributed by atoms with E-state index < -0.39 is 12.5 Å². The van der Waals surface area contributed by atoms with E-state index in [1.807, 2.05) is 6.92 Å². The second-order valence-corrected chi connectivity index (χ2v) is 4.85. The zero-order valence-electron chi connectivity index (χ0n) is 11.2. The summed E-state index contributed by atoms with van der Waals surface area (Å²) in [6.45, 7) is 7.37. The summed E-state index contributed by atoms with van der Waals surface area (Å²) in [7, 11) is 0. The van der Waals surface area contributed by atoms with Gasteiger partial charge in [0.25, 0.3) is 6.43 Å². The number of halogens is 2. The molecule has 1 unspecified atom stereocenters. The highest BCUT2D eigenvalue weighted by Crippen LogP contribution is 2.09. The minimum atomic E-state index is -2.39. The van der Waals surface area contributed by atoms with Gasteiger partial charge in [-0.3, -0.25) is 0 Å². The highest BCUT2D eigenvalue weighted by Gasteiger charge is 2.22. The molecule has 0 amide bonds. The zero-order chi connectivity index (χ0) is 13.5. The van der Waals surface area contributed by atoms with Crippen molar-refractivity contribution in [2.24, 2.45) is 5.92 Å². The predicted molar refractivity (Wildman–Crippen MR) is 66.6 cm³/mol. The van der Waals surface area contributed by atoms with Crippen LogP contribution in [0, 0.1) is 5.92 Å². The number of hydrogen-bond acceptors (Lipinski definition) is 3. The lowest BCUT2D eigenvalue weighted by atomic mass is 10.2. The molecule has 1 aromatic rings. The van der Waals surface area contributed by atoms with E-state index in [4.69, 9.17) is 0 Å². The lowest BCUT2D eigenvalue weighted by molar-refractivity contribution is 0.0967. The maximum atomic E-state index is 12.9. The molecule has 4 nitrogen and oxygen atoms in total. The van der Waals surface area contributed by atoms with Gasteiger partial charge in [0.2, 0.25) is 0 Å². The first-order chi connectivity index (χ1) is 8.54. The molecule has 1 heterocycles. The molecular weight excluding hydrogens is 238 g/mol. The van der Waals surface area contributed by atoms with Crippen molar-refractivity contribution in [1.29, 1.82) is 0 Å². The van der Waals surface area contributed by atoms with Crippen LogP contribution in [0.3, 0.4) is 0 Å². The van der Waals surface area contributed by atoms with Crippen molar-refractivity contribution < 1.29 is 8.78 Å². The molecule has 104 valence electrons. The highest BCUT2D eigenvalue weighted by molar-refractivity contribution is 4.91. The summed E-state index contributed by atoms with van der Waals surface area (Å²) in [5.41, 5.74) is 0. The Balaban J connectivity index is 2.65. The molecule has 18 heavy (non-hydrogen) atoms. The molecule has 0 aliphatic rings. The molecule has 6 heteroatoms. The van der Waals surface area contributed by atoms with Crippen LogP contribution in [0.5, 0.6) is 0 Å². The van der Waals surface area contributed by atoms with E-state index in [0.29, 0.717) is 24.8 Å². The van der Waals surface area contributed by atoms with Gasteiger partial charge in [0.05, 0.1) is 6.04 Å². The van der Waals surface area contributed by atoms with Crippen LogP contribution in [-0.2, 0) is 13.0 Å². The summed E-state index contributed by atoms with van der Waals surface area (Å²) in [6.07, 6.45) is 0.0903. The van der Waals surface area contributed by atoms with Crippen LogP contribution in [0.25, 0.3) is 0 Å². The van der Waals surface area contributed by atoms with Gasteiger partial charge in [-0.15, -0.1) is 0 Å². The number of rotatable bonds is 8. The van der Waals surface area contributed by atoms with Crippen LogP contribution in [0.1, 0.15) is 33.0 Å². The van der Waals surface area contributed by atoms with E-state index >= 15 is 0 Å². The molecule has 0 bridgehead atoms. The topological polar surface area (TPSA) is 42.7 Å². The van der Waals surface area contributed by atoms with Crippen molar-refractivity contribution >= 4 is 0 Å². The second kappa shape index (κ2) is 7.41. The fraction of sp³-hybridized carbons (Fsp3) is 0.833. The lowest BCUT2D eigenvalue weighted by Crippen LogP contribution is -2.38. The van der Waals surface area contributed by atoms with Crippen LogP contribution in [0.2, 0.25) is 0 Å². The van der Waals surface area contributed by atoms with Crippen molar-refractivity contribution in [2.75, 3.05) is 6.54 Å². The average Bonchev–Trinajstić information content (AvgIpc) is 2.70. The molecule has 0 spiro atoms. The molecule has 0 radical (unpaired) electrons. The minimum absolute atomic E-state index is 0.213. The Kier molecular flexibility index (Phi) is 6.18. The zero-order valence-corrected chi connectivity index (χ0v) is 11.2. The Morgan fingerprint density at radius 1 is 1.39 bits per heavy atom. The maximum absolute atomic E-state index is 12.9. The smallest absolute Gasteiger partial charge is 0.254 e. The SMILES string of the molecule is CCCNC(Cc1ncnn1CC(C)C)C(F)F. The van der Waals surface area contributed by atoms with Crippen LogP contribution in [0.4, 0.5) is 8.78 Å². The van der Waals surface area contributed by atoms with Crippen molar-refractivity contribution in [3.63, 3.8) is 0 Å². The Morgan fingerprint density at radius 3 is 2.67 bits per heavy atom. The Labute approximate surface area is 107 Å². The van der Waals surface area contributed by atoms with Crippen molar-refractivity contribution in [1.82, 2.24) is 20.1 Å². The predicted octanol–water partition coefficient (Wildman–Crippen LogP) is 2.11. The fourth-order valence-corrected chi connectivity index (χ4v) is 1.72. The van der Waals surface area contributed by atoms with Crippen LogP contribution in [0.15, 0.2) is 6.33 Å². The van der Waals surface area contributed by atoms with Gasteiger partial charge in [-0.1, -0.05) is 20.8 Å². The van der Waals surface area contributed by atoms with Gasteiger partial charge < -0.3 is 5.32 Å². The molecule has 0 fully saturated rings. The van der Waals surface area contributed by atoms with E-state index in [9.17, 15) is 8.78 Å². The summed E-state index contributed by atoms with van der Waals surface area (Å²) >= 11 is 0. The number of alkyl halides is 2. The highest BCUT2D eigenvalue weighted by atomic mass is 19.3. The van der Waals surface area contributed by atoms with E-state index in [1.54, 1.807) is 4.68 Å². The quantitative estimate of drug-likeness (QED) is 0.778. The molecule has 0 aromatic carbocycles. The van der Waals surface area contributed by atoms with Gasteiger partial charge in [0, 0.05) is 13.0 Å². The molecule has 0 aliphatic carbocycles. The summed E-state index contributed by atoms with van der Waals surface area (Å²) in [6, 6.07) is -0.847. The fourth-order valence-electron chi connectivity index (χ4n) is 1.72. The van der Waals surface area contributed by atoms with E-state index in [0.717, 1.165) is 6.42 Å². The van der Waals surface area contributed by atoms with Gasteiger partial charge in [0.15, 0.2) is 0 Å². The van der Waals surface area contributed by atoms with Crippen molar-refractivity contribution in [2.45, 2.75) is 52.6 Å². The number of nitrogens with one attached hydrogen (secondary N) is 1. The van der Waals surface area contributed by atoms with Crippen molar-refractivity contribution in [3.05, 3.63) is 12.2 Å². The van der Waals surface area contributed by atoms with Crippen LogP contribution < -0.4 is 5.32 Å². The largest absolute Gasteiger partial charge is 0.309 e. The molecule has 1 aromatic heterocycles. The molecule has 0 aliphatic heterocycles. The van der Waals surface area contributed by atoms with Crippen LogP contribution >= 0.6 is 0 Å². The van der Waals surface area contributed by atoms with E-state index in [2.05, 4.69) is 29.2 Å². The Hall–Kier alpha value is -1.04. The third-order valence-electron chi connectivity index (χ3n) is 2.60. The minimum Gasteiger partial charge on any atom is -0.309 e. The van der Waals surface area contributed by atoms with Gasteiger partial charge in [-0.2, -0.15) is 5.10 Å². The van der Waals surface area contributed by atoms with Gasteiger partial charge in [-0.25, -0.2) is 18.4 Å². The summed E-state index contributed by atoms with van der Waals surface area (Å²) < 4.78 is 27.5. The first-order valence-corrected chi connectivity index (χ1v) is 6.42. The first kappa shape index (κ1) is 15.0. The monoisotopic (exact) mass is 260 g/mol. The number of aromatic nitrogens is 3. The first-order valence-electron chi connectivity index (χ1n) is 6.42. The van der Waals surface area contributed by atoms with Crippen LogP contribution in [-0.4, -0.2) is 33.8 Å². The second-order valence-electron chi connectivity index (χ2n) is 4.85. The van der Waals surface area contributed by atoms with E-state index in [-0.39, 0.29) is 6.42 Å². The molecule has 0 saturated heterocycles. The Bertz CT molecular complexity index is 339. The molecule has 1 N–H and O–H groups in total. The lowest BCUT2D eigenvalue weighted by Gasteiger charge is -2.17. The maximum Gasteiger partial charge on any atom is 0.254 e.